The SMILES string of the molecule is CN(CCCC#N)c1ccc2c(c1)OCCCO2. The van der Waals surface area contributed by atoms with Crippen molar-refractivity contribution in [3.63, 3.8) is 0 Å². The molecule has 0 unspecified atom stereocenters. The molecule has 2 rings (SSSR count). The number of anilines is 1. The summed E-state index contributed by atoms with van der Waals surface area (Å²) in [6.45, 7) is 2.28. The highest BCUT2D eigenvalue weighted by molar-refractivity contribution is 5.56. The Hall–Kier alpha value is -1.89. The molecule has 0 fully saturated rings. The molecule has 1 aliphatic rings. The van der Waals surface area contributed by atoms with Crippen LogP contribution in [-0.4, -0.2) is 26.8 Å². The Labute approximate surface area is 108 Å². The minimum Gasteiger partial charge on any atom is -0.490 e. The van der Waals surface area contributed by atoms with Gasteiger partial charge in [-0.2, -0.15) is 5.26 Å². The Morgan fingerprint density at radius 3 is 2.83 bits per heavy atom. The molecular formula is C14H18N2O2. The molecule has 4 heteroatoms. The average Bonchev–Trinajstić information content (AvgIpc) is 2.63. The molecule has 0 bridgehead atoms. The number of nitriles is 1. The molecule has 1 aromatic carbocycles. The van der Waals surface area contributed by atoms with Crippen molar-refractivity contribution in [3.05, 3.63) is 18.2 Å². The van der Waals surface area contributed by atoms with Crippen LogP contribution in [0.5, 0.6) is 11.5 Å². The van der Waals surface area contributed by atoms with Gasteiger partial charge < -0.3 is 14.4 Å². The first-order valence-electron chi connectivity index (χ1n) is 6.29. The summed E-state index contributed by atoms with van der Waals surface area (Å²) in [7, 11) is 2.02. The molecule has 96 valence electrons. The zero-order chi connectivity index (χ0) is 12.8. The summed E-state index contributed by atoms with van der Waals surface area (Å²) in [5.41, 5.74) is 1.09. The third kappa shape index (κ3) is 3.07. The molecule has 0 saturated heterocycles. The maximum absolute atomic E-state index is 8.53. The van der Waals surface area contributed by atoms with E-state index >= 15 is 0 Å². The molecule has 0 amide bonds. The number of fused-ring (bicyclic) bond motifs is 1. The highest BCUT2D eigenvalue weighted by Gasteiger charge is 2.12. The molecule has 1 heterocycles. The van der Waals surface area contributed by atoms with E-state index in [1.54, 1.807) is 0 Å². The maximum atomic E-state index is 8.53. The molecule has 1 aromatic rings. The molecule has 4 nitrogen and oxygen atoms in total. The van der Waals surface area contributed by atoms with E-state index in [1.807, 2.05) is 25.2 Å². The Morgan fingerprint density at radius 1 is 1.28 bits per heavy atom. The van der Waals surface area contributed by atoms with Crippen LogP contribution in [0, 0.1) is 11.3 Å². The van der Waals surface area contributed by atoms with Crippen LogP contribution in [0.25, 0.3) is 0 Å². The van der Waals surface area contributed by atoms with Gasteiger partial charge in [-0.3, -0.25) is 0 Å². The summed E-state index contributed by atoms with van der Waals surface area (Å²) in [6, 6.07) is 8.15. The minimum atomic E-state index is 0.592. The lowest BCUT2D eigenvalue weighted by Crippen LogP contribution is -2.18. The number of rotatable bonds is 4. The molecule has 1 aliphatic heterocycles. The van der Waals surface area contributed by atoms with Crippen LogP contribution in [0.2, 0.25) is 0 Å². The van der Waals surface area contributed by atoms with Crippen molar-refractivity contribution in [1.29, 1.82) is 5.26 Å². The number of ether oxygens (including phenoxy) is 2. The second-order valence-corrected chi connectivity index (χ2v) is 4.36. The second kappa shape index (κ2) is 6.15. The van der Waals surface area contributed by atoms with Gasteiger partial charge in [-0.1, -0.05) is 0 Å². The van der Waals surface area contributed by atoms with Gasteiger partial charge in [0.15, 0.2) is 11.5 Å². The van der Waals surface area contributed by atoms with Crippen LogP contribution >= 0.6 is 0 Å². The first kappa shape index (κ1) is 12.6. The normalized spacial score (nSPS) is 13.6. The van der Waals surface area contributed by atoms with Crippen molar-refractivity contribution in [2.45, 2.75) is 19.3 Å². The number of nitrogens with zero attached hydrogens (tertiary/aromatic N) is 2. The van der Waals surface area contributed by atoms with Gasteiger partial charge in [-0.15, -0.1) is 0 Å². The van der Waals surface area contributed by atoms with Crippen molar-refractivity contribution in [2.75, 3.05) is 31.7 Å². The second-order valence-electron chi connectivity index (χ2n) is 4.36. The number of hydrogen-bond acceptors (Lipinski definition) is 4. The summed E-state index contributed by atoms with van der Waals surface area (Å²) in [6.07, 6.45) is 2.39. The third-order valence-electron chi connectivity index (χ3n) is 2.95. The molecule has 0 N–H and O–H groups in total. The Balaban J connectivity index is 2.05. The predicted molar refractivity (Wildman–Crippen MR) is 70.2 cm³/mol. The quantitative estimate of drug-likeness (QED) is 0.766. The van der Waals surface area contributed by atoms with Gasteiger partial charge in [0.25, 0.3) is 0 Å². The minimum absolute atomic E-state index is 0.592. The molecule has 0 radical (unpaired) electrons. The summed E-state index contributed by atoms with van der Waals surface area (Å²) in [5.74, 6) is 1.64. The number of hydrogen-bond donors (Lipinski definition) is 0. The summed E-state index contributed by atoms with van der Waals surface area (Å²) in [4.78, 5) is 2.13. The van der Waals surface area contributed by atoms with Crippen molar-refractivity contribution in [1.82, 2.24) is 0 Å². The lowest BCUT2D eigenvalue weighted by molar-refractivity contribution is 0.297. The van der Waals surface area contributed by atoms with Gasteiger partial charge in [0, 0.05) is 38.2 Å². The van der Waals surface area contributed by atoms with E-state index in [9.17, 15) is 0 Å². The predicted octanol–water partition coefficient (Wildman–Crippen LogP) is 2.59. The molecule has 0 aliphatic carbocycles. The van der Waals surface area contributed by atoms with E-state index in [0.717, 1.165) is 36.6 Å². The molecule has 0 saturated carbocycles. The largest absolute Gasteiger partial charge is 0.490 e. The van der Waals surface area contributed by atoms with Crippen LogP contribution in [0.3, 0.4) is 0 Å². The van der Waals surface area contributed by atoms with Crippen molar-refractivity contribution in [2.24, 2.45) is 0 Å². The molecule has 0 aromatic heterocycles. The van der Waals surface area contributed by atoms with Gasteiger partial charge in [-0.05, 0) is 18.6 Å². The maximum Gasteiger partial charge on any atom is 0.163 e. The van der Waals surface area contributed by atoms with Crippen molar-refractivity contribution in [3.8, 4) is 17.6 Å². The highest BCUT2D eigenvalue weighted by Crippen LogP contribution is 2.33. The fourth-order valence-corrected chi connectivity index (χ4v) is 1.91. The zero-order valence-electron chi connectivity index (χ0n) is 10.7. The van der Waals surface area contributed by atoms with Crippen LogP contribution in [0.4, 0.5) is 5.69 Å². The summed E-state index contributed by atoms with van der Waals surface area (Å²) >= 11 is 0. The van der Waals surface area contributed by atoms with E-state index in [1.165, 1.54) is 0 Å². The van der Waals surface area contributed by atoms with Crippen LogP contribution in [0.15, 0.2) is 18.2 Å². The van der Waals surface area contributed by atoms with Crippen molar-refractivity contribution >= 4 is 5.69 Å². The van der Waals surface area contributed by atoms with Crippen molar-refractivity contribution < 1.29 is 9.47 Å². The van der Waals surface area contributed by atoms with E-state index in [-0.39, 0.29) is 0 Å². The standard InChI is InChI=1S/C14H18N2O2/c1-16(8-3-2-7-15)12-5-6-13-14(11-12)18-10-4-9-17-13/h5-6,11H,2-4,8-10H2,1H3. The van der Waals surface area contributed by atoms with Crippen LogP contribution in [-0.2, 0) is 0 Å². The molecule has 0 atom stereocenters. The van der Waals surface area contributed by atoms with Gasteiger partial charge in [0.1, 0.15) is 0 Å². The van der Waals surface area contributed by atoms with E-state index < -0.39 is 0 Å². The monoisotopic (exact) mass is 246 g/mol. The average molecular weight is 246 g/mol. The smallest absolute Gasteiger partial charge is 0.163 e. The molecular weight excluding hydrogens is 228 g/mol. The third-order valence-corrected chi connectivity index (χ3v) is 2.95. The summed E-state index contributed by atoms with van der Waals surface area (Å²) in [5, 5.41) is 8.53. The van der Waals surface area contributed by atoms with E-state index in [2.05, 4.69) is 11.0 Å². The van der Waals surface area contributed by atoms with E-state index in [0.29, 0.717) is 19.6 Å². The topological polar surface area (TPSA) is 45.5 Å². The highest BCUT2D eigenvalue weighted by atomic mass is 16.5. The zero-order valence-corrected chi connectivity index (χ0v) is 10.7. The molecule has 0 spiro atoms. The fraction of sp³-hybridized carbons (Fsp3) is 0.500. The van der Waals surface area contributed by atoms with Crippen LogP contribution in [0.1, 0.15) is 19.3 Å². The lowest BCUT2D eigenvalue weighted by Gasteiger charge is -2.20. The van der Waals surface area contributed by atoms with Gasteiger partial charge in [-0.25, -0.2) is 0 Å². The first-order valence-corrected chi connectivity index (χ1v) is 6.29. The van der Waals surface area contributed by atoms with Gasteiger partial charge in [0.2, 0.25) is 0 Å². The Kier molecular flexibility index (Phi) is 4.30. The van der Waals surface area contributed by atoms with Gasteiger partial charge in [0.05, 0.1) is 19.3 Å². The summed E-state index contributed by atoms with van der Waals surface area (Å²) < 4.78 is 11.3. The Bertz CT molecular complexity index is 440. The number of benzene rings is 1. The lowest BCUT2D eigenvalue weighted by atomic mass is 10.2. The number of unbranched alkanes of at least 4 members (excludes halogenated alkanes) is 1. The van der Waals surface area contributed by atoms with E-state index in [4.69, 9.17) is 14.7 Å². The Morgan fingerprint density at radius 2 is 2.06 bits per heavy atom. The fourth-order valence-electron chi connectivity index (χ4n) is 1.91. The first-order chi connectivity index (χ1) is 8.81. The molecule has 18 heavy (non-hydrogen) atoms. The van der Waals surface area contributed by atoms with Gasteiger partial charge >= 0.3 is 0 Å². The van der Waals surface area contributed by atoms with Crippen LogP contribution < -0.4 is 14.4 Å².